The molecule has 0 aliphatic heterocycles. The van der Waals surface area contributed by atoms with E-state index in [-0.39, 0.29) is 11.4 Å². The summed E-state index contributed by atoms with van der Waals surface area (Å²) in [5, 5.41) is 2.88. The molecule has 0 saturated heterocycles. The highest BCUT2D eigenvalue weighted by molar-refractivity contribution is 7.92. The molecular formula is C17H28N2O3S. The molecule has 0 atom stereocenters. The quantitative estimate of drug-likeness (QED) is 0.866. The normalized spacial score (nSPS) is 12.1. The number of nitrogens with zero attached hydrogens (tertiary/aromatic N) is 1. The average molecular weight is 340 g/mol. The lowest BCUT2D eigenvalue weighted by Crippen LogP contribution is -2.41. The van der Waals surface area contributed by atoms with E-state index < -0.39 is 10.0 Å². The lowest BCUT2D eigenvalue weighted by Gasteiger charge is -2.24. The maximum absolute atomic E-state index is 12.1. The standard InChI is InChI=1S/C17H28N2O3S/c1-13-10-14(2)12-15(11-13)19(23(6,21)22)9-7-8-16(20)18-17(3,4)5/h10-12H,7-9H2,1-6H3,(H,18,20). The average Bonchev–Trinajstić information content (AvgIpc) is 2.29. The maximum Gasteiger partial charge on any atom is 0.232 e. The summed E-state index contributed by atoms with van der Waals surface area (Å²) in [4.78, 5) is 11.9. The highest BCUT2D eigenvalue weighted by Gasteiger charge is 2.19. The summed E-state index contributed by atoms with van der Waals surface area (Å²) >= 11 is 0. The van der Waals surface area contributed by atoms with Crippen LogP contribution in [0.3, 0.4) is 0 Å². The summed E-state index contributed by atoms with van der Waals surface area (Å²) in [6, 6.07) is 5.70. The van der Waals surface area contributed by atoms with Crippen molar-refractivity contribution in [3.8, 4) is 0 Å². The van der Waals surface area contributed by atoms with Crippen LogP contribution in [0.2, 0.25) is 0 Å². The van der Waals surface area contributed by atoms with Crippen LogP contribution in [-0.4, -0.2) is 32.7 Å². The monoisotopic (exact) mass is 340 g/mol. The summed E-state index contributed by atoms with van der Waals surface area (Å²) in [5.41, 5.74) is 2.40. The number of anilines is 1. The Kier molecular flexibility index (Phi) is 6.22. The van der Waals surface area contributed by atoms with Crippen LogP contribution < -0.4 is 9.62 Å². The van der Waals surface area contributed by atoms with Crippen molar-refractivity contribution in [3.05, 3.63) is 29.3 Å². The fourth-order valence-electron chi connectivity index (χ4n) is 2.45. The number of hydrogen-bond acceptors (Lipinski definition) is 3. The van der Waals surface area contributed by atoms with Gasteiger partial charge in [0.25, 0.3) is 0 Å². The highest BCUT2D eigenvalue weighted by atomic mass is 32.2. The van der Waals surface area contributed by atoms with Crippen LogP contribution in [0.25, 0.3) is 0 Å². The number of carbonyl (C=O) groups excluding carboxylic acids is 1. The second kappa shape index (κ2) is 7.34. The Morgan fingerprint density at radius 2 is 1.65 bits per heavy atom. The van der Waals surface area contributed by atoms with E-state index in [4.69, 9.17) is 0 Å². The number of aryl methyl sites for hydroxylation is 2. The fourth-order valence-corrected chi connectivity index (χ4v) is 3.39. The number of carbonyl (C=O) groups is 1. The molecule has 1 rings (SSSR count). The van der Waals surface area contributed by atoms with Crippen LogP contribution >= 0.6 is 0 Å². The number of benzene rings is 1. The molecule has 1 N–H and O–H groups in total. The van der Waals surface area contributed by atoms with Crippen LogP contribution in [0.5, 0.6) is 0 Å². The van der Waals surface area contributed by atoms with Crippen molar-refractivity contribution in [1.29, 1.82) is 0 Å². The first kappa shape index (κ1) is 19.5. The van der Waals surface area contributed by atoms with Gasteiger partial charge in [0.05, 0.1) is 11.9 Å². The van der Waals surface area contributed by atoms with Crippen molar-refractivity contribution in [2.24, 2.45) is 0 Å². The van der Waals surface area contributed by atoms with Crippen molar-refractivity contribution in [3.63, 3.8) is 0 Å². The number of rotatable bonds is 6. The van der Waals surface area contributed by atoms with Crippen molar-refractivity contribution < 1.29 is 13.2 Å². The molecule has 1 amide bonds. The van der Waals surface area contributed by atoms with Gasteiger partial charge in [-0.15, -0.1) is 0 Å². The molecule has 0 aliphatic rings. The first-order valence-electron chi connectivity index (χ1n) is 7.75. The van der Waals surface area contributed by atoms with Gasteiger partial charge in [0.1, 0.15) is 0 Å². The molecule has 0 heterocycles. The van der Waals surface area contributed by atoms with Crippen molar-refractivity contribution in [2.75, 3.05) is 17.1 Å². The van der Waals surface area contributed by atoms with E-state index in [1.165, 1.54) is 10.6 Å². The van der Waals surface area contributed by atoms with Gasteiger partial charge in [0.15, 0.2) is 0 Å². The molecule has 0 aromatic heterocycles. The third-order valence-electron chi connectivity index (χ3n) is 3.17. The summed E-state index contributed by atoms with van der Waals surface area (Å²) in [5.74, 6) is -0.0635. The van der Waals surface area contributed by atoms with E-state index in [1.807, 2.05) is 52.8 Å². The zero-order valence-electron chi connectivity index (χ0n) is 14.9. The van der Waals surface area contributed by atoms with Gasteiger partial charge in [0, 0.05) is 18.5 Å². The third kappa shape index (κ3) is 7.03. The molecule has 5 nitrogen and oxygen atoms in total. The van der Waals surface area contributed by atoms with Gasteiger partial charge in [-0.2, -0.15) is 0 Å². The molecule has 0 unspecified atom stereocenters. The smallest absolute Gasteiger partial charge is 0.232 e. The van der Waals surface area contributed by atoms with E-state index in [0.29, 0.717) is 25.1 Å². The van der Waals surface area contributed by atoms with Gasteiger partial charge >= 0.3 is 0 Å². The molecule has 0 spiro atoms. The molecule has 1 aromatic carbocycles. The van der Waals surface area contributed by atoms with E-state index in [0.717, 1.165) is 11.1 Å². The number of hydrogen-bond donors (Lipinski definition) is 1. The highest BCUT2D eigenvalue weighted by Crippen LogP contribution is 2.21. The minimum Gasteiger partial charge on any atom is -0.352 e. The Labute approximate surface area is 140 Å². The topological polar surface area (TPSA) is 66.5 Å². The largest absolute Gasteiger partial charge is 0.352 e. The van der Waals surface area contributed by atoms with Gasteiger partial charge in [-0.1, -0.05) is 6.07 Å². The molecule has 1 aromatic rings. The van der Waals surface area contributed by atoms with Gasteiger partial charge in [-0.3, -0.25) is 9.10 Å². The Morgan fingerprint density at radius 3 is 2.09 bits per heavy atom. The first-order chi connectivity index (χ1) is 10.4. The summed E-state index contributed by atoms with van der Waals surface area (Å²) in [6.45, 7) is 9.93. The molecule has 130 valence electrons. The molecule has 6 heteroatoms. The molecule has 0 aliphatic carbocycles. The van der Waals surface area contributed by atoms with Crippen LogP contribution in [-0.2, 0) is 14.8 Å². The van der Waals surface area contributed by atoms with Crippen LogP contribution in [0.15, 0.2) is 18.2 Å². The lowest BCUT2D eigenvalue weighted by molar-refractivity contribution is -0.122. The Morgan fingerprint density at radius 1 is 1.13 bits per heavy atom. The van der Waals surface area contributed by atoms with Crippen molar-refractivity contribution in [2.45, 2.75) is 53.0 Å². The molecule has 0 bridgehead atoms. The predicted octanol–water partition coefficient (Wildman–Crippen LogP) is 2.76. The summed E-state index contributed by atoms with van der Waals surface area (Å²) in [7, 11) is -3.38. The van der Waals surface area contributed by atoms with E-state index in [9.17, 15) is 13.2 Å². The molecule has 0 fully saturated rings. The van der Waals surface area contributed by atoms with E-state index in [1.54, 1.807) is 0 Å². The summed E-state index contributed by atoms with van der Waals surface area (Å²) in [6.07, 6.45) is 1.97. The minimum absolute atomic E-state index is 0.0635. The minimum atomic E-state index is -3.38. The van der Waals surface area contributed by atoms with Gasteiger partial charge < -0.3 is 5.32 Å². The van der Waals surface area contributed by atoms with E-state index in [2.05, 4.69) is 5.32 Å². The molecular weight excluding hydrogens is 312 g/mol. The first-order valence-corrected chi connectivity index (χ1v) is 9.60. The molecule has 0 radical (unpaired) electrons. The van der Waals surface area contributed by atoms with Crippen molar-refractivity contribution >= 4 is 21.6 Å². The van der Waals surface area contributed by atoms with Gasteiger partial charge in [0.2, 0.25) is 15.9 Å². The molecule has 0 saturated carbocycles. The van der Waals surface area contributed by atoms with Crippen LogP contribution in [0, 0.1) is 13.8 Å². The Bertz CT molecular complexity index is 641. The Hall–Kier alpha value is -1.56. The summed E-state index contributed by atoms with van der Waals surface area (Å²) < 4.78 is 25.5. The lowest BCUT2D eigenvalue weighted by atomic mass is 10.1. The third-order valence-corrected chi connectivity index (χ3v) is 4.37. The Balaban J connectivity index is 2.80. The van der Waals surface area contributed by atoms with Crippen LogP contribution in [0.1, 0.15) is 44.7 Å². The van der Waals surface area contributed by atoms with E-state index >= 15 is 0 Å². The second-order valence-corrected chi connectivity index (χ2v) is 8.99. The SMILES string of the molecule is Cc1cc(C)cc(N(CCCC(=O)NC(C)(C)C)S(C)(=O)=O)c1. The zero-order valence-corrected chi connectivity index (χ0v) is 15.8. The number of sulfonamides is 1. The van der Waals surface area contributed by atoms with Gasteiger partial charge in [-0.05, 0) is 64.3 Å². The maximum atomic E-state index is 12.1. The van der Waals surface area contributed by atoms with Crippen LogP contribution in [0.4, 0.5) is 5.69 Å². The number of nitrogens with one attached hydrogen (secondary N) is 1. The second-order valence-electron chi connectivity index (χ2n) is 7.08. The fraction of sp³-hybridized carbons (Fsp3) is 0.588. The molecule has 23 heavy (non-hydrogen) atoms. The number of amides is 1. The zero-order chi connectivity index (χ0) is 17.8. The van der Waals surface area contributed by atoms with Gasteiger partial charge in [-0.25, -0.2) is 8.42 Å². The van der Waals surface area contributed by atoms with Crippen molar-refractivity contribution in [1.82, 2.24) is 5.32 Å². The predicted molar refractivity (Wildman–Crippen MR) is 95.2 cm³/mol.